The van der Waals surface area contributed by atoms with E-state index in [1.54, 1.807) is 13.0 Å². The molecule has 88 valence electrons. The molecule has 0 bridgehead atoms. The molecule has 17 heavy (non-hydrogen) atoms. The van der Waals surface area contributed by atoms with Crippen molar-refractivity contribution in [3.05, 3.63) is 39.5 Å². The summed E-state index contributed by atoms with van der Waals surface area (Å²) in [5.41, 5.74) is 1.27. The van der Waals surface area contributed by atoms with Crippen LogP contribution < -0.4 is 5.32 Å². The van der Waals surface area contributed by atoms with Gasteiger partial charge in [-0.2, -0.15) is 10.1 Å². The number of nitrogens with one attached hydrogen (secondary N) is 2. The van der Waals surface area contributed by atoms with E-state index < -0.39 is 5.82 Å². The summed E-state index contributed by atoms with van der Waals surface area (Å²) < 4.78 is 13.2. The molecule has 1 heterocycles. The minimum atomic E-state index is -0.467. The zero-order valence-corrected chi connectivity index (χ0v) is 10.4. The monoisotopic (exact) mass is 270 g/mol. The summed E-state index contributed by atoms with van der Waals surface area (Å²) in [6.45, 7) is 1.77. The SMILES string of the molecule is Cc1n[nH]c(=S)nc1Nc1ccc(F)c(Cl)c1. The quantitative estimate of drug-likeness (QED) is 0.822. The molecule has 0 aliphatic rings. The topological polar surface area (TPSA) is 53.6 Å². The Morgan fingerprint density at radius 3 is 2.94 bits per heavy atom. The number of aromatic amines is 1. The minimum absolute atomic E-state index is 0.0432. The third-order valence-corrected chi connectivity index (χ3v) is 2.53. The van der Waals surface area contributed by atoms with Crippen LogP contribution in [0.1, 0.15) is 5.69 Å². The van der Waals surface area contributed by atoms with Crippen LogP contribution in [0.5, 0.6) is 0 Å². The van der Waals surface area contributed by atoms with E-state index in [9.17, 15) is 4.39 Å². The van der Waals surface area contributed by atoms with E-state index in [-0.39, 0.29) is 9.79 Å². The first-order valence-corrected chi connectivity index (χ1v) is 5.50. The Kier molecular flexibility index (Phi) is 3.35. The van der Waals surface area contributed by atoms with E-state index in [0.29, 0.717) is 17.2 Å². The molecule has 0 saturated carbocycles. The standard InChI is InChI=1S/C10H8ClFN4S/c1-5-9(14-10(17)16-15-5)13-6-2-3-8(12)7(11)4-6/h2-4H,1H3,(H2,13,14,16,17). The fraction of sp³-hybridized carbons (Fsp3) is 0.100. The van der Waals surface area contributed by atoms with Crippen LogP contribution in [-0.2, 0) is 0 Å². The second-order valence-electron chi connectivity index (χ2n) is 3.33. The summed E-state index contributed by atoms with van der Waals surface area (Å²) in [5, 5.41) is 9.54. The molecule has 2 rings (SSSR count). The molecule has 2 N–H and O–H groups in total. The van der Waals surface area contributed by atoms with Crippen LogP contribution in [0.25, 0.3) is 0 Å². The number of anilines is 2. The Bertz CT molecular complexity index is 613. The molecule has 0 atom stereocenters. The van der Waals surface area contributed by atoms with Gasteiger partial charge < -0.3 is 5.32 Å². The number of hydrogen-bond acceptors (Lipinski definition) is 4. The maximum atomic E-state index is 13.0. The number of nitrogens with zero attached hydrogens (tertiary/aromatic N) is 2. The van der Waals surface area contributed by atoms with E-state index in [2.05, 4.69) is 20.5 Å². The third-order valence-electron chi connectivity index (χ3n) is 2.06. The van der Waals surface area contributed by atoms with Gasteiger partial charge >= 0.3 is 0 Å². The summed E-state index contributed by atoms with van der Waals surface area (Å²) in [7, 11) is 0. The molecular weight excluding hydrogens is 263 g/mol. The van der Waals surface area contributed by atoms with Crippen LogP contribution in [0.4, 0.5) is 15.9 Å². The van der Waals surface area contributed by atoms with Crippen LogP contribution in [-0.4, -0.2) is 15.2 Å². The lowest BCUT2D eigenvalue weighted by Gasteiger charge is -2.07. The molecule has 1 aromatic carbocycles. The average molecular weight is 271 g/mol. The van der Waals surface area contributed by atoms with Crippen LogP contribution in [0.3, 0.4) is 0 Å². The summed E-state index contributed by atoms with van der Waals surface area (Å²) >= 11 is 10.5. The molecule has 0 aliphatic carbocycles. The molecule has 1 aromatic heterocycles. The van der Waals surface area contributed by atoms with Gasteiger partial charge in [-0.15, -0.1) is 0 Å². The highest BCUT2D eigenvalue weighted by Gasteiger charge is 2.04. The van der Waals surface area contributed by atoms with Gasteiger partial charge in [-0.3, -0.25) is 5.10 Å². The second-order valence-corrected chi connectivity index (χ2v) is 4.12. The highest BCUT2D eigenvalue weighted by Crippen LogP contribution is 2.22. The number of hydrogen-bond donors (Lipinski definition) is 2. The highest BCUT2D eigenvalue weighted by molar-refractivity contribution is 7.71. The van der Waals surface area contributed by atoms with Crippen molar-refractivity contribution in [3.8, 4) is 0 Å². The van der Waals surface area contributed by atoms with Gasteiger partial charge in [-0.05, 0) is 37.3 Å². The van der Waals surface area contributed by atoms with Gasteiger partial charge in [0.1, 0.15) is 11.5 Å². The van der Waals surface area contributed by atoms with Crippen molar-refractivity contribution >= 4 is 35.3 Å². The molecule has 0 spiro atoms. The molecule has 0 saturated heterocycles. The maximum absolute atomic E-state index is 13.0. The van der Waals surface area contributed by atoms with Gasteiger partial charge in [-0.25, -0.2) is 4.39 Å². The zero-order valence-electron chi connectivity index (χ0n) is 8.79. The number of rotatable bonds is 2. The Hall–Kier alpha value is -1.53. The molecule has 0 aliphatic heterocycles. The molecular formula is C10H8ClFN4S. The highest BCUT2D eigenvalue weighted by atomic mass is 35.5. The van der Waals surface area contributed by atoms with Crippen LogP contribution in [0.15, 0.2) is 18.2 Å². The summed E-state index contributed by atoms with van der Waals surface area (Å²) in [6.07, 6.45) is 0. The van der Waals surface area contributed by atoms with Crippen molar-refractivity contribution in [1.29, 1.82) is 0 Å². The van der Waals surface area contributed by atoms with E-state index in [4.69, 9.17) is 23.8 Å². The summed E-state index contributed by atoms with van der Waals surface area (Å²) in [4.78, 5) is 4.07. The third kappa shape index (κ3) is 2.78. The Balaban J connectivity index is 2.34. The smallest absolute Gasteiger partial charge is 0.215 e. The van der Waals surface area contributed by atoms with E-state index in [1.165, 1.54) is 12.1 Å². The Morgan fingerprint density at radius 2 is 2.24 bits per heavy atom. The first-order chi connectivity index (χ1) is 8.06. The molecule has 0 fully saturated rings. The largest absolute Gasteiger partial charge is 0.339 e. The molecule has 0 unspecified atom stereocenters. The molecule has 4 nitrogen and oxygen atoms in total. The predicted octanol–water partition coefficient (Wildman–Crippen LogP) is 3.38. The van der Waals surface area contributed by atoms with Gasteiger partial charge in [0, 0.05) is 5.69 Å². The zero-order chi connectivity index (χ0) is 12.4. The van der Waals surface area contributed by atoms with Crippen molar-refractivity contribution in [1.82, 2.24) is 15.2 Å². The Morgan fingerprint density at radius 1 is 1.47 bits per heavy atom. The molecule has 2 aromatic rings. The van der Waals surface area contributed by atoms with E-state index in [0.717, 1.165) is 0 Å². The fourth-order valence-electron chi connectivity index (χ4n) is 1.22. The minimum Gasteiger partial charge on any atom is -0.339 e. The first kappa shape index (κ1) is 11.9. The molecule has 7 heteroatoms. The van der Waals surface area contributed by atoms with Crippen LogP contribution in [0.2, 0.25) is 5.02 Å². The molecule has 0 amide bonds. The van der Waals surface area contributed by atoms with Gasteiger partial charge in [-0.1, -0.05) is 11.6 Å². The summed E-state index contributed by atoms with van der Waals surface area (Å²) in [6, 6.07) is 4.30. The second kappa shape index (κ2) is 4.77. The molecule has 0 radical (unpaired) electrons. The van der Waals surface area contributed by atoms with Gasteiger partial charge in [0.15, 0.2) is 5.82 Å². The van der Waals surface area contributed by atoms with Crippen LogP contribution >= 0.6 is 23.8 Å². The number of benzene rings is 1. The van der Waals surface area contributed by atoms with E-state index >= 15 is 0 Å². The van der Waals surface area contributed by atoms with Gasteiger partial charge in [0.05, 0.1) is 5.02 Å². The van der Waals surface area contributed by atoms with Crippen molar-refractivity contribution in [3.63, 3.8) is 0 Å². The lowest BCUT2D eigenvalue weighted by Crippen LogP contribution is -2.01. The summed E-state index contributed by atoms with van der Waals surface area (Å²) in [5.74, 6) is 0.0433. The predicted molar refractivity (Wildman–Crippen MR) is 66.6 cm³/mol. The Labute approximate surface area is 107 Å². The number of aromatic nitrogens is 3. The first-order valence-electron chi connectivity index (χ1n) is 4.71. The van der Waals surface area contributed by atoms with Crippen molar-refractivity contribution in [2.45, 2.75) is 6.92 Å². The maximum Gasteiger partial charge on any atom is 0.215 e. The number of aryl methyl sites for hydroxylation is 1. The number of H-pyrrole nitrogens is 1. The van der Waals surface area contributed by atoms with E-state index in [1.807, 2.05) is 0 Å². The van der Waals surface area contributed by atoms with Gasteiger partial charge in [0.25, 0.3) is 0 Å². The van der Waals surface area contributed by atoms with Crippen molar-refractivity contribution in [2.75, 3.05) is 5.32 Å². The number of halogens is 2. The van der Waals surface area contributed by atoms with Gasteiger partial charge in [0.2, 0.25) is 4.77 Å². The van der Waals surface area contributed by atoms with Crippen molar-refractivity contribution in [2.24, 2.45) is 0 Å². The van der Waals surface area contributed by atoms with Crippen molar-refractivity contribution < 1.29 is 4.39 Å². The lowest BCUT2D eigenvalue weighted by molar-refractivity contribution is 0.628. The fourth-order valence-corrected chi connectivity index (χ4v) is 1.54. The average Bonchev–Trinajstić information content (AvgIpc) is 2.29. The lowest BCUT2D eigenvalue weighted by atomic mass is 10.3. The van der Waals surface area contributed by atoms with Crippen LogP contribution in [0, 0.1) is 17.5 Å². The normalized spacial score (nSPS) is 10.3.